The van der Waals surface area contributed by atoms with Gasteiger partial charge < -0.3 is 0 Å². The fourth-order valence-corrected chi connectivity index (χ4v) is 2.72. The topological polar surface area (TPSA) is 17.1 Å². The van der Waals surface area contributed by atoms with Crippen LogP contribution in [0.15, 0.2) is 0 Å². The quantitative estimate of drug-likeness (QED) is 0.521. The van der Waals surface area contributed by atoms with E-state index in [1.165, 1.54) is 19.3 Å². The Hall–Kier alpha value is -0.330. The van der Waals surface area contributed by atoms with Crippen molar-refractivity contribution in [2.75, 3.05) is 0 Å². The van der Waals surface area contributed by atoms with Crippen LogP contribution < -0.4 is 0 Å². The van der Waals surface area contributed by atoms with Crippen molar-refractivity contribution in [2.24, 2.45) is 17.3 Å². The number of hydrogen-bond acceptors (Lipinski definition) is 1. The van der Waals surface area contributed by atoms with Crippen molar-refractivity contribution in [1.29, 1.82) is 0 Å². The van der Waals surface area contributed by atoms with E-state index in [0.717, 1.165) is 12.3 Å². The molecular weight excluding hydrogens is 136 g/mol. The summed E-state index contributed by atoms with van der Waals surface area (Å²) in [7, 11) is 0. The molecule has 1 unspecified atom stereocenters. The minimum Gasteiger partial charge on any atom is -0.299 e. The van der Waals surface area contributed by atoms with Crippen LogP contribution >= 0.6 is 0 Å². The molecule has 0 N–H and O–H groups in total. The molecule has 2 aliphatic carbocycles. The largest absolute Gasteiger partial charge is 0.299 e. The molecule has 0 heterocycles. The molecule has 11 heavy (non-hydrogen) atoms. The van der Waals surface area contributed by atoms with E-state index in [9.17, 15) is 4.79 Å². The first-order valence-corrected chi connectivity index (χ1v) is 4.62. The summed E-state index contributed by atoms with van der Waals surface area (Å²) in [5, 5.41) is 0. The third-order valence-corrected chi connectivity index (χ3v) is 3.62. The summed E-state index contributed by atoms with van der Waals surface area (Å²) in [4.78, 5) is 11.5. The lowest BCUT2D eigenvalue weighted by Gasteiger charge is -2.35. The Balaban J connectivity index is 2.24. The molecule has 0 aromatic heterocycles. The van der Waals surface area contributed by atoms with Gasteiger partial charge in [0, 0.05) is 12.3 Å². The predicted octanol–water partition coefficient (Wildman–Crippen LogP) is 2.40. The number of fused-ring (bicyclic) bond motifs is 2. The molecule has 0 saturated heterocycles. The fourth-order valence-electron chi connectivity index (χ4n) is 2.72. The molecule has 0 amide bonds. The maximum absolute atomic E-state index is 11.5. The van der Waals surface area contributed by atoms with E-state index in [1.807, 2.05) is 0 Å². The van der Waals surface area contributed by atoms with Gasteiger partial charge in [0.25, 0.3) is 0 Å². The molecule has 0 radical (unpaired) electrons. The Bertz CT molecular complexity index is 193. The standard InChI is InChI=1S/C10H16O/c1-10(2)6-9(11)7-3-4-8(10)5-7/h7-8H,3-6H2,1-2H3/t7-,8?/m0/s1. The minimum atomic E-state index is 0.310. The highest BCUT2D eigenvalue weighted by molar-refractivity contribution is 5.83. The van der Waals surface area contributed by atoms with Crippen LogP contribution in [0.5, 0.6) is 0 Å². The van der Waals surface area contributed by atoms with E-state index in [-0.39, 0.29) is 0 Å². The molecule has 2 aliphatic rings. The average molecular weight is 152 g/mol. The first-order chi connectivity index (χ1) is 5.09. The van der Waals surface area contributed by atoms with Crippen molar-refractivity contribution < 1.29 is 4.79 Å². The van der Waals surface area contributed by atoms with Gasteiger partial charge in [0.15, 0.2) is 0 Å². The lowest BCUT2D eigenvalue weighted by molar-refractivity contribution is -0.127. The summed E-state index contributed by atoms with van der Waals surface area (Å²) in [5.74, 6) is 1.82. The minimum absolute atomic E-state index is 0.310. The van der Waals surface area contributed by atoms with Crippen molar-refractivity contribution in [3.8, 4) is 0 Å². The van der Waals surface area contributed by atoms with E-state index < -0.39 is 0 Å². The molecule has 2 atom stereocenters. The van der Waals surface area contributed by atoms with Crippen molar-refractivity contribution >= 4 is 5.78 Å². The van der Waals surface area contributed by atoms with E-state index in [2.05, 4.69) is 13.8 Å². The Morgan fingerprint density at radius 2 is 2.09 bits per heavy atom. The number of carbonyl (C=O) groups excluding carboxylic acids is 1. The van der Waals surface area contributed by atoms with Crippen molar-refractivity contribution in [3.63, 3.8) is 0 Å². The fraction of sp³-hybridized carbons (Fsp3) is 0.900. The molecule has 1 heteroatoms. The molecule has 0 spiro atoms. The first kappa shape index (κ1) is 7.33. The summed E-state index contributed by atoms with van der Waals surface area (Å²) < 4.78 is 0. The molecule has 1 nitrogen and oxygen atoms in total. The summed E-state index contributed by atoms with van der Waals surface area (Å²) >= 11 is 0. The average Bonchev–Trinajstić information content (AvgIpc) is 2.28. The third-order valence-electron chi connectivity index (χ3n) is 3.62. The van der Waals surface area contributed by atoms with Crippen LogP contribution in [0.1, 0.15) is 39.5 Å². The molecular formula is C10H16O. The molecule has 2 saturated carbocycles. The van der Waals surface area contributed by atoms with Gasteiger partial charge in [-0.2, -0.15) is 0 Å². The summed E-state index contributed by atoms with van der Waals surface area (Å²) in [5.41, 5.74) is 0.310. The number of carbonyl (C=O) groups is 1. The van der Waals surface area contributed by atoms with Crippen LogP contribution in [-0.4, -0.2) is 5.78 Å². The van der Waals surface area contributed by atoms with Crippen molar-refractivity contribution in [1.82, 2.24) is 0 Å². The highest BCUT2D eigenvalue weighted by Crippen LogP contribution is 2.50. The maximum atomic E-state index is 11.5. The first-order valence-electron chi connectivity index (χ1n) is 4.62. The lowest BCUT2D eigenvalue weighted by Crippen LogP contribution is -2.32. The zero-order valence-corrected chi connectivity index (χ0v) is 7.39. The number of hydrogen-bond donors (Lipinski definition) is 0. The van der Waals surface area contributed by atoms with Gasteiger partial charge in [-0.15, -0.1) is 0 Å². The predicted molar refractivity (Wildman–Crippen MR) is 44.2 cm³/mol. The van der Waals surface area contributed by atoms with Crippen LogP contribution in [0.2, 0.25) is 0 Å². The van der Waals surface area contributed by atoms with Gasteiger partial charge in [-0.3, -0.25) is 4.79 Å². The van der Waals surface area contributed by atoms with E-state index >= 15 is 0 Å². The van der Waals surface area contributed by atoms with Crippen LogP contribution in [0.4, 0.5) is 0 Å². The zero-order chi connectivity index (χ0) is 8.06. The molecule has 2 bridgehead atoms. The van der Waals surface area contributed by atoms with Gasteiger partial charge in [0.1, 0.15) is 5.78 Å². The highest BCUT2D eigenvalue weighted by atomic mass is 16.1. The molecule has 0 aliphatic heterocycles. The number of ketones is 1. The van der Waals surface area contributed by atoms with Crippen molar-refractivity contribution in [3.05, 3.63) is 0 Å². The van der Waals surface area contributed by atoms with Gasteiger partial charge in [0.05, 0.1) is 0 Å². The summed E-state index contributed by atoms with van der Waals surface area (Å²) in [6.45, 7) is 4.49. The summed E-state index contributed by atoms with van der Waals surface area (Å²) in [6, 6.07) is 0. The van der Waals surface area contributed by atoms with Crippen molar-refractivity contribution in [2.45, 2.75) is 39.5 Å². The van der Waals surface area contributed by atoms with Gasteiger partial charge in [0.2, 0.25) is 0 Å². The van der Waals surface area contributed by atoms with Gasteiger partial charge in [-0.25, -0.2) is 0 Å². The Morgan fingerprint density at radius 1 is 1.36 bits per heavy atom. The smallest absolute Gasteiger partial charge is 0.136 e. The van der Waals surface area contributed by atoms with Crippen LogP contribution in [0.3, 0.4) is 0 Å². The SMILES string of the molecule is CC1(C)CC(=O)[C@H]2CCC1C2. The third kappa shape index (κ3) is 1.02. The van der Waals surface area contributed by atoms with Gasteiger partial charge >= 0.3 is 0 Å². The normalized spacial score (nSPS) is 41.1. The van der Waals surface area contributed by atoms with Gasteiger partial charge in [-0.05, 0) is 30.6 Å². The lowest BCUT2D eigenvalue weighted by atomic mass is 9.69. The Morgan fingerprint density at radius 3 is 2.82 bits per heavy atom. The monoisotopic (exact) mass is 152 g/mol. The van der Waals surface area contributed by atoms with Gasteiger partial charge in [-0.1, -0.05) is 13.8 Å². The van der Waals surface area contributed by atoms with Crippen LogP contribution in [0.25, 0.3) is 0 Å². The molecule has 62 valence electrons. The second kappa shape index (κ2) is 2.09. The van der Waals surface area contributed by atoms with E-state index in [0.29, 0.717) is 17.1 Å². The molecule has 0 aromatic carbocycles. The molecule has 0 aromatic rings. The van der Waals surface area contributed by atoms with Crippen LogP contribution in [-0.2, 0) is 4.79 Å². The van der Waals surface area contributed by atoms with E-state index in [4.69, 9.17) is 0 Å². The Kier molecular flexibility index (Phi) is 1.39. The number of rotatable bonds is 0. The maximum Gasteiger partial charge on any atom is 0.136 e. The van der Waals surface area contributed by atoms with E-state index in [1.54, 1.807) is 0 Å². The highest BCUT2D eigenvalue weighted by Gasteiger charge is 2.44. The summed E-state index contributed by atoms with van der Waals surface area (Å²) in [6.07, 6.45) is 4.49. The second-order valence-corrected chi connectivity index (χ2v) is 4.84. The Labute approximate surface area is 68.2 Å². The second-order valence-electron chi connectivity index (χ2n) is 4.84. The zero-order valence-electron chi connectivity index (χ0n) is 7.39. The molecule has 2 rings (SSSR count). The van der Waals surface area contributed by atoms with Crippen LogP contribution in [0, 0.1) is 17.3 Å². The number of Topliss-reactive ketones (excluding diaryl/α,β-unsaturated/α-hetero) is 1. The molecule has 2 fully saturated rings.